The Morgan fingerprint density at radius 3 is 2.58 bits per heavy atom. The second-order valence-corrected chi connectivity index (χ2v) is 7.00. The zero-order valence-electron chi connectivity index (χ0n) is 11.4. The summed E-state index contributed by atoms with van der Waals surface area (Å²) in [4.78, 5) is 0.328. The monoisotopic (exact) mass is 349 g/mol. The summed E-state index contributed by atoms with van der Waals surface area (Å²) in [6.07, 6.45) is 0.679. The topological polar surface area (TPSA) is 55.4 Å². The van der Waals surface area contributed by atoms with E-state index in [2.05, 4.69) is 20.7 Å². The maximum absolute atomic E-state index is 12.3. The summed E-state index contributed by atoms with van der Waals surface area (Å²) in [5.41, 5.74) is 1.80. The molecular weight excluding hydrogens is 330 g/mol. The first-order valence-electron chi connectivity index (χ1n) is 6.05. The summed E-state index contributed by atoms with van der Waals surface area (Å²) in [6.45, 7) is 4.10. The van der Waals surface area contributed by atoms with Crippen molar-refractivity contribution in [2.45, 2.75) is 31.2 Å². The van der Waals surface area contributed by atoms with Gasteiger partial charge in [-0.2, -0.15) is 0 Å². The van der Waals surface area contributed by atoms with Gasteiger partial charge in [0.25, 0.3) is 0 Å². The van der Waals surface area contributed by atoms with E-state index in [4.69, 9.17) is 4.74 Å². The summed E-state index contributed by atoms with van der Waals surface area (Å²) in [5.74, 6) is 0. The Bertz CT molecular complexity index is 511. The molecule has 0 radical (unpaired) electrons. The van der Waals surface area contributed by atoms with Gasteiger partial charge in [-0.15, -0.1) is 0 Å². The Hall–Kier alpha value is -0.430. The third-order valence-corrected chi connectivity index (χ3v) is 4.91. The first kappa shape index (κ1) is 16.6. The molecule has 1 aromatic rings. The van der Waals surface area contributed by atoms with Crippen LogP contribution in [0.5, 0.6) is 0 Å². The van der Waals surface area contributed by atoms with Crippen LogP contribution in [-0.2, 0) is 14.8 Å². The molecule has 0 saturated carbocycles. The van der Waals surface area contributed by atoms with Gasteiger partial charge in [0, 0.05) is 18.5 Å². The minimum atomic E-state index is -3.50. The third-order valence-electron chi connectivity index (χ3n) is 2.77. The quantitative estimate of drug-likeness (QED) is 0.769. The molecule has 6 heteroatoms. The van der Waals surface area contributed by atoms with Crippen molar-refractivity contribution in [1.29, 1.82) is 0 Å². The SMILES string of the molecule is COCC(CCBr)NS(=O)(=O)c1ccc(C)cc1C. The molecule has 0 aliphatic heterocycles. The van der Waals surface area contributed by atoms with Gasteiger partial charge in [-0.25, -0.2) is 13.1 Å². The fourth-order valence-corrected chi connectivity index (χ4v) is 3.93. The van der Waals surface area contributed by atoms with Crippen molar-refractivity contribution in [3.8, 4) is 0 Å². The van der Waals surface area contributed by atoms with Crippen LogP contribution in [0.15, 0.2) is 23.1 Å². The molecular formula is C13H20BrNO3S. The number of alkyl halides is 1. The van der Waals surface area contributed by atoms with E-state index in [0.29, 0.717) is 17.9 Å². The zero-order valence-corrected chi connectivity index (χ0v) is 13.8. The van der Waals surface area contributed by atoms with Gasteiger partial charge >= 0.3 is 0 Å². The first-order chi connectivity index (χ1) is 8.90. The smallest absolute Gasteiger partial charge is 0.241 e. The van der Waals surface area contributed by atoms with Crippen LogP contribution in [0.4, 0.5) is 0 Å². The number of methoxy groups -OCH3 is 1. The van der Waals surface area contributed by atoms with Gasteiger partial charge in [0.1, 0.15) is 0 Å². The number of benzene rings is 1. The lowest BCUT2D eigenvalue weighted by Gasteiger charge is -2.18. The van der Waals surface area contributed by atoms with Gasteiger partial charge in [0.05, 0.1) is 11.5 Å². The summed E-state index contributed by atoms with van der Waals surface area (Å²) in [5, 5.41) is 0.719. The van der Waals surface area contributed by atoms with Crippen molar-refractivity contribution in [3.05, 3.63) is 29.3 Å². The van der Waals surface area contributed by atoms with E-state index in [1.54, 1.807) is 26.2 Å². The molecule has 0 aliphatic carbocycles. The lowest BCUT2D eigenvalue weighted by molar-refractivity contribution is 0.173. The molecule has 0 bridgehead atoms. The molecule has 0 amide bonds. The minimum Gasteiger partial charge on any atom is -0.383 e. The molecule has 4 nitrogen and oxygen atoms in total. The fraction of sp³-hybridized carbons (Fsp3) is 0.538. The second-order valence-electron chi connectivity index (χ2n) is 4.52. The number of ether oxygens (including phenoxy) is 1. The Morgan fingerprint density at radius 2 is 2.05 bits per heavy atom. The maximum Gasteiger partial charge on any atom is 0.241 e. The molecule has 1 atom stereocenters. The van der Waals surface area contributed by atoms with E-state index in [9.17, 15) is 8.42 Å². The van der Waals surface area contributed by atoms with Crippen LogP contribution in [-0.4, -0.2) is 33.5 Å². The van der Waals surface area contributed by atoms with E-state index < -0.39 is 10.0 Å². The van der Waals surface area contributed by atoms with E-state index >= 15 is 0 Å². The molecule has 1 rings (SSSR count). The molecule has 108 valence electrons. The second kappa shape index (κ2) is 7.38. The van der Waals surface area contributed by atoms with Gasteiger partial charge in [0.15, 0.2) is 0 Å². The summed E-state index contributed by atoms with van der Waals surface area (Å²) in [7, 11) is -1.94. The van der Waals surface area contributed by atoms with Gasteiger partial charge < -0.3 is 4.74 Å². The number of hydrogen-bond acceptors (Lipinski definition) is 3. The fourth-order valence-electron chi connectivity index (χ4n) is 1.89. The Labute approximate surface area is 123 Å². The minimum absolute atomic E-state index is 0.227. The molecule has 0 heterocycles. The Morgan fingerprint density at radius 1 is 1.37 bits per heavy atom. The van der Waals surface area contributed by atoms with Crippen molar-refractivity contribution in [1.82, 2.24) is 4.72 Å². The Balaban J connectivity index is 2.96. The lowest BCUT2D eigenvalue weighted by Crippen LogP contribution is -2.38. The predicted molar refractivity (Wildman–Crippen MR) is 80.3 cm³/mol. The summed E-state index contributed by atoms with van der Waals surface area (Å²) >= 11 is 3.32. The van der Waals surface area contributed by atoms with Crippen molar-refractivity contribution in [2.24, 2.45) is 0 Å². The highest BCUT2D eigenvalue weighted by Gasteiger charge is 2.21. The number of nitrogens with one attached hydrogen (secondary N) is 1. The predicted octanol–water partition coefficient (Wildman–Crippen LogP) is 2.38. The molecule has 1 unspecified atom stereocenters. The zero-order chi connectivity index (χ0) is 14.5. The highest BCUT2D eigenvalue weighted by Crippen LogP contribution is 2.17. The maximum atomic E-state index is 12.3. The van der Waals surface area contributed by atoms with Crippen molar-refractivity contribution < 1.29 is 13.2 Å². The molecule has 1 aromatic carbocycles. The molecule has 0 aliphatic rings. The van der Waals surface area contributed by atoms with E-state index in [-0.39, 0.29) is 6.04 Å². The average Bonchev–Trinajstić information content (AvgIpc) is 2.28. The molecule has 1 N–H and O–H groups in total. The Kier molecular flexibility index (Phi) is 6.46. The molecule has 0 fully saturated rings. The van der Waals surface area contributed by atoms with Gasteiger partial charge in [-0.05, 0) is 31.9 Å². The van der Waals surface area contributed by atoms with Crippen LogP contribution < -0.4 is 4.72 Å². The normalized spacial score (nSPS) is 13.5. The largest absolute Gasteiger partial charge is 0.383 e. The van der Waals surface area contributed by atoms with Crippen LogP contribution in [0.3, 0.4) is 0 Å². The van der Waals surface area contributed by atoms with Crippen molar-refractivity contribution in [3.63, 3.8) is 0 Å². The summed E-state index contributed by atoms with van der Waals surface area (Å²) in [6, 6.07) is 5.09. The summed E-state index contributed by atoms with van der Waals surface area (Å²) < 4.78 is 32.4. The van der Waals surface area contributed by atoms with Gasteiger partial charge in [-0.1, -0.05) is 33.6 Å². The van der Waals surface area contributed by atoms with Crippen molar-refractivity contribution in [2.75, 3.05) is 19.0 Å². The third kappa shape index (κ3) is 4.87. The highest BCUT2D eigenvalue weighted by atomic mass is 79.9. The van der Waals surface area contributed by atoms with Crippen LogP contribution >= 0.6 is 15.9 Å². The molecule has 0 aromatic heterocycles. The number of sulfonamides is 1. The highest BCUT2D eigenvalue weighted by molar-refractivity contribution is 9.09. The number of halogens is 1. The van der Waals surface area contributed by atoms with Gasteiger partial charge in [0.2, 0.25) is 10.0 Å². The standard InChI is InChI=1S/C13H20BrNO3S/c1-10-4-5-13(11(2)8-10)19(16,17)15-12(6-7-14)9-18-3/h4-5,8,12,15H,6-7,9H2,1-3H3. The lowest BCUT2D eigenvalue weighted by atomic mass is 10.2. The van der Waals surface area contributed by atoms with E-state index in [1.807, 2.05) is 13.0 Å². The molecule has 0 saturated heterocycles. The van der Waals surface area contributed by atoms with Crippen LogP contribution in [0, 0.1) is 13.8 Å². The van der Waals surface area contributed by atoms with Crippen LogP contribution in [0.25, 0.3) is 0 Å². The molecule has 19 heavy (non-hydrogen) atoms. The van der Waals surface area contributed by atoms with E-state index in [1.165, 1.54) is 0 Å². The van der Waals surface area contributed by atoms with Crippen LogP contribution in [0.1, 0.15) is 17.5 Å². The number of hydrogen-bond donors (Lipinski definition) is 1. The average molecular weight is 350 g/mol. The van der Waals surface area contributed by atoms with E-state index in [0.717, 1.165) is 16.5 Å². The van der Waals surface area contributed by atoms with Crippen LogP contribution in [0.2, 0.25) is 0 Å². The molecule has 0 spiro atoms. The number of rotatable bonds is 7. The first-order valence-corrected chi connectivity index (χ1v) is 8.65. The number of aryl methyl sites for hydroxylation is 2. The van der Waals surface area contributed by atoms with Gasteiger partial charge in [-0.3, -0.25) is 0 Å². The van der Waals surface area contributed by atoms with Crippen molar-refractivity contribution >= 4 is 26.0 Å².